The third-order valence-corrected chi connectivity index (χ3v) is 5.13. The first-order valence-corrected chi connectivity index (χ1v) is 10.7. The third-order valence-electron chi connectivity index (χ3n) is 5.13. The van der Waals surface area contributed by atoms with Crippen molar-refractivity contribution in [1.29, 1.82) is 0 Å². The first-order chi connectivity index (χ1) is 15.2. The molecule has 7 nitrogen and oxygen atoms in total. The van der Waals surface area contributed by atoms with Gasteiger partial charge in [0.2, 0.25) is 0 Å². The molecule has 32 heavy (non-hydrogen) atoms. The Morgan fingerprint density at radius 3 is 2.50 bits per heavy atom. The maximum absolute atomic E-state index is 12.2. The largest absolute Gasteiger partial charge is 0.495 e. The van der Waals surface area contributed by atoms with Crippen LogP contribution in [0.4, 0.5) is 16.2 Å². The van der Waals surface area contributed by atoms with Crippen molar-refractivity contribution in [3.05, 3.63) is 48.2 Å². The van der Waals surface area contributed by atoms with E-state index in [9.17, 15) is 4.79 Å². The Bertz CT molecular complexity index is 1110. The molecule has 0 aliphatic rings. The Labute approximate surface area is 189 Å². The average Bonchev–Trinajstić information content (AvgIpc) is 2.74. The molecule has 0 bridgehead atoms. The maximum atomic E-state index is 12.2. The van der Waals surface area contributed by atoms with Gasteiger partial charge in [0.1, 0.15) is 17.2 Å². The first-order valence-electron chi connectivity index (χ1n) is 10.7. The highest BCUT2D eigenvalue weighted by Gasteiger charge is 2.13. The molecule has 1 aromatic heterocycles. The van der Waals surface area contributed by atoms with Crippen LogP contribution in [0, 0.1) is 12.3 Å². The fourth-order valence-corrected chi connectivity index (χ4v) is 3.29. The summed E-state index contributed by atoms with van der Waals surface area (Å²) in [7, 11) is 3.47. The molecule has 0 unspecified atom stereocenters. The van der Waals surface area contributed by atoms with Crippen molar-refractivity contribution in [3.8, 4) is 17.2 Å². The van der Waals surface area contributed by atoms with Crippen molar-refractivity contribution in [2.45, 2.75) is 34.1 Å². The van der Waals surface area contributed by atoms with Crippen molar-refractivity contribution in [2.75, 3.05) is 31.3 Å². The van der Waals surface area contributed by atoms with Crippen LogP contribution in [0.1, 0.15) is 32.8 Å². The van der Waals surface area contributed by atoms with E-state index in [1.807, 2.05) is 50.4 Å². The lowest BCUT2D eigenvalue weighted by Gasteiger charge is -2.18. The van der Waals surface area contributed by atoms with Crippen LogP contribution in [0.5, 0.6) is 17.2 Å². The SMILES string of the molecule is CNc1cc2nccc(Oc3ccc(NC(=O)NCCC(C)(C)C)c(C)c3)c2cc1OC. The highest BCUT2D eigenvalue weighted by Crippen LogP contribution is 2.36. The second-order valence-corrected chi connectivity index (χ2v) is 8.90. The molecule has 3 rings (SSSR count). The van der Waals surface area contributed by atoms with Crippen molar-refractivity contribution in [1.82, 2.24) is 10.3 Å². The molecule has 7 heteroatoms. The van der Waals surface area contributed by atoms with Crippen LogP contribution in [0.15, 0.2) is 42.6 Å². The zero-order valence-corrected chi connectivity index (χ0v) is 19.6. The molecule has 0 radical (unpaired) electrons. The second kappa shape index (κ2) is 9.77. The normalized spacial score (nSPS) is 11.2. The molecular formula is C25H32N4O3. The van der Waals surface area contributed by atoms with Gasteiger partial charge in [0.15, 0.2) is 0 Å². The number of hydrogen-bond acceptors (Lipinski definition) is 5. The van der Waals surface area contributed by atoms with E-state index in [4.69, 9.17) is 9.47 Å². The lowest BCUT2D eigenvalue weighted by molar-refractivity contribution is 0.250. The molecule has 3 aromatic rings. The van der Waals surface area contributed by atoms with Gasteiger partial charge in [0, 0.05) is 30.9 Å². The van der Waals surface area contributed by atoms with Crippen molar-refractivity contribution in [2.24, 2.45) is 5.41 Å². The number of urea groups is 1. The summed E-state index contributed by atoms with van der Waals surface area (Å²) in [5.74, 6) is 2.06. The number of nitrogens with one attached hydrogen (secondary N) is 3. The number of methoxy groups -OCH3 is 1. The Morgan fingerprint density at radius 1 is 1.06 bits per heavy atom. The van der Waals surface area contributed by atoms with Crippen LogP contribution in [-0.2, 0) is 0 Å². The fraction of sp³-hybridized carbons (Fsp3) is 0.360. The Hall–Kier alpha value is -3.48. The number of carbonyl (C=O) groups is 1. The molecule has 170 valence electrons. The molecule has 2 amide bonds. The minimum Gasteiger partial charge on any atom is -0.495 e. The molecule has 0 aliphatic heterocycles. The number of ether oxygens (including phenoxy) is 2. The minimum atomic E-state index is -0.210. The monoisotopic (exact) mass is 436 g/mol. The predicted molar refractivity (Wildman–Crippen MR) is 130 cm³/mol. The zero-order chi connectivity index (χ0) is 23.3. The first kappa shape index (κ1) is 23.2. The standard InChI is InChI=1S/C25H32N4O3/c1-16-13-17(7-8-19(16)29-24(30)28-12-10-25(2,3)4)32-22-9-11-27-20-15-21(26-5)23(31-6)14-18(20)22/h7-9,11,13-15,26H,10,12H2,1-6H3,(H2,28,29,30). The summed E-state index contributed by atoms with van der Waals surface area (Å²) in [6.45, 7) is 9.01. The summed E-state index contributed by atoms with van der Waals surface area (Å²) >= 11 is 0. The van der Waals surface area contributed by atoms with Gasteiger partial charge in [0.05, 0.1) is 18.3 Å². The van der Waals surface area contributed by atoms with Gasteiger partial charge in [-0.15, -0.1) is 0 Å². The van der Waals surface area contributed by atoms with E-state index in [1.165, 1.54) is 0 Å². The number of amides is 2. The number of aryl methyl sites for hydroxylation is 1. The number of aromatic nitrogens is 1. The van der Waals surface area contributed by atoms with E-state index in [0.29, 0.717) is 23.8 Å². The van der Waals surface area contributed by atoms with Crippen molar-refractivity contribution < 1.29 is 14.3 Å². The Morgan fingerprint density at radius 2 is 1.84 bits per heavy atom. The van der Waals surface area contributed by atoms with Gasteiger partial charge in [-0.1, -0.05) is 20.8 Å². The molecule has 0 aliphatic carbocycles. The van der Waals surface area contributed by atoms with Gasteiger partial charge >= 0.3 is 6.03 Å². The number of hydrogen-bond donors (Lipinski definition) is 3. The summed E-state index contributed by atoms with van der Waals surface area (Å²) < 4.78 is 11.6. The number of fused-ring (bicyclic) bond motifs is 1. The summed E-state index contributed by atoms with van der Waals surface area (Å²) in [6, 6.07) is 11.0. The Kier molecular flexibility index (Phi) is 7.08. The van der Waals surface area contributed by atoms with E-state index in [0.717, 1.165) is 34.3 Å². The third kappa shape index (κ3) is 5.81. The van der Waals surface area contributed by atoms with Gasteiger partial charge in [-0.3, -0.25) is 4.98 Å². The summed E-state index contributed by atoms with van der Waals surface area (Å²) in [6.07, 6.45) is 2.63. The highest BCUT2D eigenvalue weighted by atomic mass is 16.5. The summed E-state index contributed by atoms with van der Waals surface area (Å²) in [5, 5.41) is 9.77. The molecule has 2 aromatic carbocycles. The topological polar surface area (TPSA) is 84.5 Å². The highest BCUT2D eigenvalue weighted by molar-refractivity contribution is 5.91. The van der Waals surface area contributed by atoms with Gasteiger partial charge in [-0.25, -0.2) is 4.79 Å². The predicted octanol–water partition coefficient (Wildman–Crippen LogP) is 5.94. The quantitative estimate of drug-likeness (QED) is 0.427. The fourth-order valence-electron chi connectivity index (χ4n) is 3.29. The number of pyridine rings is 1. The van der Waals surface area contributed by atoms with Gasteiger partial charge in [0.25, 0.3) is 0 Å². The van der Waals surface area contributed by atoms with Gasteiger partial charge in [-0.2, -0.15) is 0 Å². The van der Waals surface area contributed by atoms with Crippen LogP contribution >= 0.6 is 0 Å². The number of rotatable bonds is 7. The van der Waals surface area contributed by atoms with Crippen molar-refractivity contribution >= 4 is 28.3 Å². The van der Waals surface area contributed by atoms with Crippen LogP contribution in [-0.4, -0.2) is 31.7 Å². The molecule has 3 N–H and O–H groups in total. The van der Waals surface area contributed by atoms with E-state index in [1.54, 1.807) is 13.3 Å². The average molecular weight is 437 g/mol. The molecule has 0 saturated carbocycles. The number of benzene rings is 2. The lowest BCUT2D eigenvalue weighted by Crippen LogP contribution is -2.31. The van der Waals surface area contributed by atoms with E-state index >= 15 is 0 Å². The maximum Gasteiger partial charge on any atom is 0.319 e. The van der Waals surface area contributed by atoms with E-state index < -0.39 is 0 Å². The van der Waals surface area contributed by atoms with Crippen molar-refractivity contribution in [3.63, 3.8) is 0 Å². The van der Waals surface area contributed by atoms with Gasteiger partial charge < -0.3 is 25.4 Å². The Balaban J connectivity index is 1.74. The smallest absolute Gasteiger partial charge is 0.319 e. The van der Waals surface area contributed by atoms with E-state index in [2.05, 4.69) is 41.7 Å². The summed E-state index contributed by atoms with van der Waals surface area (Å²) in [5.41, 5.74) is 3.48. The number of carbonyl (C=O) groups excluding carboxylic acids is 1. The molecule has 0 fully saturated rings. The molecule has 0 saturated heterocycles. The number of anilines is 2. The van der Waals surface area contributed by atoms with Crippen LogP contribution in [0.2, 0.25) is 0 Å². The van der Waals surface area contributed by atoms with Crippen LogP contribution in [0.3, 0.4) is 0 Å². The van der Waals surface area contributed by atoms with Gasteiger partial charge in [-0.05, 0) is 60.7 Å². The molecule has 1 heterocycles. The zero-order valence-electron chi connectivity index (χ0n) is 19.6. The molecule has 0 atom stereocenters. The molecular weight excluding hydrogens is 404 g/mol. The summed E-state index contributed by atoms with van der Waals surface area (Å²) in [4.78, 5) is 16.6. The lowest BCUT2D eigenvalue weighted by atomic mass is 9.92. The van der Waals surface area contributed by atoms with Crippen LogP contribution < -0.4 is 25.4 Å². The van der Waals surface area contributed by atoms with Crippen LogP contribution in [0.25, 0.3) is 10.9 Å². The molecule has 0 spiro atoms. The second-order valence-electron chi connectivity index (χ2n) is 8.90. The van der Waals surface area contributed by atoms with E-state index in [-0.39, 0.29) is 11.4 Å². The number of nitrogens with zero attached hydrogens (tertiary/aromatic N) is 1. The minimum absolute atomic E-state index is 0.179.